The molecule has 0 saturated carbocycles. The van der Waals surface area contributed by atoms with Gasteiger partial charge < -0.3 is 10.5 Å². The third-order valence-corrected chi connectivity index (χ3v) is 2.78. The highest BCUT2D eigenvalue weighted by Gasteiger charge is 2.02. The van der Waals surface area contributed by atoms with Gasteiger partial charge in [0.25, 0.3) is 0 Å². The van der Waals surface area contributed by atoms with E-state index in [2.05, 4.69) is 15.9 Å². The van der Waals surface area contributed by atoms with E-state index in [0.717, 1.165) is 10.2 Å². The van der Waals surface area contributed by atoms with Gasteiger partial charge in [0.1, 0.15) is 11.5 Å². The third kappa shape index (κ3) is 2.68. The maximum Gasteiger partial charge on any atom is 0.150 e. The van der Waals surface area contributed by atoms with Crippen molar-refractivity contribution in [1.29, 1.82) is 0 Å². The van der Waals surface area contributed by atoms with Gasteiger partial charge >= 0.3 is 0 Å². The Balaban J connectivity index is 2.23. The summed E-state index contributed by atoms with van der Waals surface area (Å²) in [5.41, 5.74) is 6.30. The van der Waals surface area contributed by atoms with Crippen LogP contribution in [0.1, 0.15) is 0 Å². The zero-order valence-corrected chi connectivity index (χ0v) is 10.6. The molecule has 0 spiro atoms. The van der Waals surface area contributed by atoms with Gasteiger partial charge in [0, 0.05) is 9.50 Å². The molecule has 2 aromatic carbocycles. The number of benzene rings is 2. The quantitative estimate of drug-likeness (QED) is 0.830. The SMILES string of the molecule is Nc1cc(Cl)ccc1Oc1ccc(Br)cc1. The lowest BCUT2D eigenvalue weighted by Gasteiger charge is -2.08. The molecule has 0 bridgehead atoms. The normalized spacial score (nSPS) is 10.1. The van der Waals surface area contributed by atoms with E-state index in [1.54, 1.807) is 18.2 Å². The van der Waals surface area contributed by atoms with Crippen molar-refractivity contribution in [3.8, 4) is 11.5 Å². The summed E-state index contributed by atoms with van der Waals surface area (Å²) in [6.07, 6.45) is 0. The van der Waals surface area contributed by atoms with E-state index in [-0.39, 0.29) is 0 Å². The Bertz CT molecular complexity index is 499. The Morgan fingerprint density at radius 2 is 1.75 bits per heavy atom. The molecule has 2 N–H and O–H groups in total. The number of hydrogen-bond acceptors (Lipinski definition) is 2. The summed E-state index contributed by atoms with van der Waals surface area (Å²) in [5, 5.41) is 0.598. The summed E-state index contributed by atoms with van der Waals surface area (Å²) >= 11 is 9.16. The zero-order valence-electron chi connectivity index (χ0n) is 8.28. The maximum atomic E-state index is 5.80. The lowest BCUT2D eigenvalue weighted by molar-refractivity contribution is 0.485. The van der Waals surface area contributed by atoms with Crippen LogP contribution >= 0.6 is 27.5 Å². The molecule has 82 valence electrons. The van der Waals surface area contributed by atoms with Gasteiger partial charge in [-0.1, -0.05) is 27.5 Å². The predicted molar refractivity (Wildman–Crippen MR) is 70.1 cm³/mol. The number of rotatable bonds is 2. The number of hydrogen-bond donors (Lipinski definition) is 1. The Hall–Kier alpha value is -1.19. The van der Waals surface area contributed by atoms with Crippen LogP contribution in [0.2, 0.25) is 5.02 Å². The largest absolute Gasteiger partial charge is 0.455 e. The molecule has 0 amide bonds. The Labute approximate surface area is 107 Å². The van der Waals surface area contributed by atoms with Crippen molar-refractivity contribution >= 4 is 33.2 Å². The molecule has 0 unspecified atom stereocenters. The minimum absolute atomic E-state index is 0.524. The minimum atomic E-state index is 0.524. The van der Waals surface area contributed by atoms with E-state index in [1.807, 2.05) is 24.3 Å². The van der Waals surface area contributed by atoms with Crippen LogP contribution in [-0.4, -0.2) is 0 Å². The molecular formula is C12H9BrClNO. The molecule has 4 heteroatoms. The lowest BCUT2D eigenvalue weighted by Crippen LogP contribution is -1.91. The van der Waals surface area contributed by atoms with Crippen LogP contribution in [0.25, 0.3) is 0 Å². The summed E-state index contributed by atoms with van der Waals surface area (Å²) in [4.78, 5) is 0. The van der Waals surface area contributed by atoms with Crippen LogP contribution in [0.4, 0.5) is 5.69 Å². The van der Waals surface area contributed by atoms with E-state index in [9.17, 15) is 0 Å². The van der Waals surface area contributed by atoms with Crippen molar-refractivity contribution in [2.75, 3.05) is 5.73 Å². The Morgan fingerprint density at radius 3 is 2.38 bits per heavy atom. The first-order valence-electron chi connectivity index (χ1n) is 4.63. The van der Waals surface area contributed by atoms with Crippen molar-refractivity contribution in [2.24, 2.45) is 0 Å². The van der Waals surface area contributed by atoms with Gasteiger partial charge in [-0.05, 0) is 42.5 Å². The molecule has 0 aliphatic carbocycles. The monoisotopic (exact) mass is 297 g/mol. The van der Waals surface area contributed by atoms with E-state index in [0.29, 0.717) is 16.5 Å². The summed E-state index contributed by atoms with van der Waals surface area (Å²) < 4.78 is 6.62. The summed E-state index contributed by atoms with van der Waals surface area (Å²) in [6.45, 7) is 0. The summed E-state index contributed by atoms with van der Waals surface area (Å²) in [6, 6.07) is 12.7. The average Bonchev–Trinajstić information content (AvgIpc) is 2.25. The fourth-order valence-electron chi connectivity index (χ4n) is 1.24. The zero-order chi connectivity index (χ0) is 11.5. The fraction of sp³-hybridized carbons (Fsp3) is 0. The number of nitrogen functional groups attached to an aromatic ring is 1. The second kappa shape index (κ2) is 4.76. The van der Waals surface area contributed by atoms with Crippen molar-refractivity contribution in [2.45, 2.75) is 0 Å². The molecule has 0 atom stereocenters. The van der Waals surface area contributed by atoms with Gasteiger partial charge in [-0.15, -0.1) is 0 Å². The molecule has 0 fully saturated rings. The fourth-order valence-corrected chi connectivity index (χ4v) is 1.69. The molecule has 0 aliphatic rings. The van der Waals surface area contributed by atoms with E-state index >= 15 is 0 Å². The molecule has 2 nitrogen and oxygen atoms in total. The number of anilines is 1. The molecule has 0 aliphatic heterocycles. The molecule has 2 aromatic rings. The standard InChI is InChI=1S/C12H9BrClNO/c13-8-1-4-10(5-2-8)16-12-6-3-9(14)7-11(12)15/h1-7H,15H2. The first kappa shape index (κ1) is 11.3. The lowest BCUT2D eigenvalue weighted by atomic mass is 10.3. The highest BCUT2D eigenvalue weighted by Crippen LogP contribution is 2.30. The highest BCUT2D eigenvalue weighted by molar-refractivity contribution is 9.10. The van der Waals surface area contributed by atoms with Crippen LogP contribution in [0.3, 0.4) is 0 Å². The Kier molecular flexibility index (Phi) is 3.36. The van der Waals surface area contributed by atoms with Gasteiger partial charge in [0.2, 0.25) is 0 Å². The van der Waals surface area contributed by atoms with Crippen molar-refractivity contribution in [1.82, 2.24) is 0 Å². The van der Waals surface area contributed by atoms with E-state index in [4.69, 9.17) is 22.1 Å². The molecule has 16 heavy (non-hydrogen) atoms. The number of halogens is 2. The minimum Gasteiger partial charge on any atom is -0.455 e. The van der Waals surface area contributed by atoms with Gasteiger partial charge in [-0.3, -0.25) is 0 Å². The highest BCUT2D eigenvalue weighted by atomic mass is 79.9. The molecule has 0 aromatic heterocycles. The first-order chi connectivity index (χ1) is 7.65. The molecule has 2 rings (SSSR count). The van der Waals surface area contributed by atoms with Gasteiger partial charge in [0.05, 0.1) is 5.69 Å². The van der Waals surface area contributed by atoms with Crippen LogP contribution in [0.15, 0.2) is 46.9 Å². The Morgan fingerprint density at radius 1 is 1.06 bits per heavy atom. The second-order valence-electron chi connectivity index (χ2n) is 3.24. The van der Waals surface area contributed by atoms with E-state index in [1.165, 1.54) is 0 Å². The van der Waals surface area contributed by atoms with Crippen LogP contribution in [-0.2, 0) is 0 Å². The number of ether oxygens (including phenoxy) is 1. The third-order valence-electron chi connectivity index (χ3n) is 2.01. The van der Waals surface area contributed by atoms with Gasteiger partial charge in [-0.25, -0.2) is 0 Å². The van der Waals surface area contributed by atoms with Crippen LogP contribution in [0, 0.1) is 0 Å². The maximum absolute atomic E-state index is 5.80. The van der Waals surface area contributed by atoms with Crippen molar-refractivity contribution < 1.29 is 4.74 Å². The van der Waals surface area contributed by atoms with Crippen LogP contribution in [0.5, 0.6) is 11.5 Å². The summed E-state index contributed by atoms with van der Waals surface area (Å²) in [7, 11) is 0. The van der Waals surface area contributed by atoms with Gasteiger partial charge in [-0.2, -0.15) is 0 Å². The molecule has 0 heterocycles. The smallest absolute Gasteiger partial charge is 0.150 e. The van der Waals surface area contributed by atoms with Crippen molar-refractivity contribution in [3.05, 3.63) is 52.0 Å². The average molecular weight is 299 g/mol. The predicted octanol–water partition coefficient (Wildman–Crippen LogP) is 4.48. The summed E-state index contributed by atoms with van der Waals surface area (Å²) in [5.74, 6) is 1.34. The van der Waals surface area contributed by atoms with Gasteiger partial charge in [0.15, 0.2) is 0 Å². The molecule has 0 radical (unpaired) electrons. The molecule has 0 saturated heterocycles. The first-order valence-corrected chi connectivity index (χ1v) is 5.81. The van der Waals surface area contributed by atoms with Crippen LogP contribution < -0.4 is 10.5 Å². The second-order valence-corrected chi connectivity index (χ2v) is 4.59. The topological polar surface area (TPSA) is 35.2 Å². The van der Waals surface area contributed by atoms with E-state index < -0.39 is 0 Å². The molecular weight excluding hydrogens is 289 g/mol. The number of nitrogens with two attached hydrogens (primary N) is 1. The van der Waals surface area contributed by atoms with Crippen molar-refractivity contribution in [3.63, 3.8) is 0 Å².